The Labute approximate surface area is 159 Å². The highest BCUT2D eigenvalue weighted by Gasteiger charge is 2.22. The van der Waals surface area contributed by atoms with Crippen molar-refractivity contribution in [2.24, 2.45) is 0 Å². The van der Waals surface area contributed by atoms with E-state index in [-0.39, 0.29) is 5.41 Å². The van der Waals surface area contributed by atoms with Crippen molar-refractivity contribution in [1.82, 2.24) is 15.0 Å². The van der Waals surface area contributed by atoms with E-state index in [1.54, 1.807) is 26.8 Å². The average Bonchev–Trinajstić information content (AvgIpc) is 2.96. The summed E-state index contributed by atoms with van der Waals surface area (Å²) in [5, 5.41) is 9.04. The molecule has 0 aliphatic carbocycles. The van der Waals surface area contributed by atoms with Gasteiger partial charge in [-0.15, -0.1) is 15.0 Å². The second kappa shape index (κ2) is 6.68. The lowest BCUT2D eigenvalue weighted by atomic mass is 9.87. The van der Waals surface area contributed by atoms with Gasteiger partial charge in [0.1, 0.15) is 22.3 Å². The minimum atomic E-state index is -0.760. The molecule has 6 nitrogen and oxygen atoms in total. The number of aromatic nitrogens is 3. The van der Waals surface area contributed by atoms with Gasteiger partial charge in [-0.3, -0.25) is 0 Å². The number of carbonyl (C=O) groups excluding carboxylic acids is 1. The first-order valence-corrected chi connectivity index (χ1v) is 8.91. The van der Waals surface area contributed by atoms with Gasteiger partial charge >= 0.3 is 6.16 Å². The molecular formula is C21H25N3O3. The maximum atomic E-state index is 12.2. The average molecular weight is 367 g/mol. The molecule has 1 aromatic heterocycles. The fourth-order valence-corrected chi connectivity index (χ4v) is 2.55. The maximum absolute atomic E-state index is 12.2. The molecule has 0 fully saturated rings. The molecule has 1 heterocycles. The van der Waals surface area contributed by atoms with Crippen LogP contribution in [0.25, 0.3) is 16.7 Å². The smallest absolute Gasteiger partial charge is 0.428 e. The molecule has 0 saturated heterocycles. The van der Waals surface area contributed by atoms with Crippen LogP contribution in [-0.2, 0) is 10.2 Å². The van der Waals surface area contributed by atoms with Crippen LogP contribution in [-0.4, -0.2) is 26.8 Å². The van der Waals surface area contributed by atoms with E-state index in [1.807, 2.05) is 36.4 Å². The minimum absolute atomic E-state index is 0.0776. The number of carbonyl (C=O) groups is 1. The van der Waals surface area contributed by atoms with Gasteiger partial charge < -0.3 is 9.47 Å². The molecule has 3 rings (SSSR count). The summed E-state index contributed by atoms with van der Waals surface area (Å²) in [6.07, 6.45) is -0.760. The number of nitrogens with zero attached hydrogens (tertiary/aromatic N) is 3. The fourth-order valence-electron chi connectivity index (χ4n) is 2.55. The van der Waals surface area contributed by atoms with Gasteiger partial charge in [0.15, 0.2) is 5.75 Å². The first-order chi connectivity index (χ1) is 12.5. The van der Waals surface area contributed by atoms with Crippen LogP contribution >= 0.6 is 0 Å². The van der Waals surface area contributed by atoms with E-state index in [4.69, 9.17) is 9.47 Å². The molecule has 0 amide bonds. The minimum Gasteiger partial charge on any atom is -0.428 e. The van der Waals surface area contributed by atoms with Crippen LogP contribution in [0.5, 0.6) is 5.75 Å². The summed E-state index contributed by atoms with van der Waals surface area (Å²) < 4.78 is 10.8. The van der Waals surface area contributed by atoms with Crippen LogP contribution in [0, 0.1) is 0 Å². The lowest BCUT2D eigenvalue weighted by molar-refractivity contribution is 0.0205. The zero-order valence-electron chi connectivity index (χ0n) is 16.6. The summed E-state index contributed by atoms with van der Waals surface area (Å²) in [6.45, 7) is 11.7. The van der Waals surface area contributed by atoms with E-state index < -0.39 is 11.8 Å². The van der Waals surface area contributed by atoms with E-state index in [1.165, 1.54) is 4.80 Å². The summed E-state index contributed by atoms with van der Waals surface area (Å²) in [5.74, 6) is 0.345. The Morgan fingerprint density at radius 1 is 0.926 bits per heavy atom. The number of hydrogen-bond acceptors (Lipinski definition) is 5. The van der Waals surface area contributed by atoms with Gasteiger partial charge in [-0.25, -0.2) is 4.79 Å². The molecule has 0 aliphatic rings. The normalized spacial score (nSPS) is 12.2. The monoisotopic (exact) mass is 367 g/mol. The highest BCUT2D eigenvalue weighted by Crippen LogP contribution is 2.31. The Balaban J connectivity index is 2.06. The van der Waals surface area contributed by atoms with Crippen LogP contribution in [0.15, 0.2) is 42.5 Å². The zero-order chi connectivity index (χ0) is 19.8. The molecule has 0 spiro atoms. The van der Waals surface area contributed by atoms with Gasteiger partial charge in [0.25, 0.3) is 0 Å². The Bertz CT molecular complexity index is 945. The van der Waals surface area contributed by atoms with E-state index >= 15 is 0 Å². The molecule has 2 aromatic carbocycles. The third-order valence-corrected chi connectivity index (χ3v) is 3.91. The van der Waals surface area contributed by atoms with Crippen molar-refractivity contribution in [1.29, 1.82) is 0 Å². The van der Waals surface area contributed by atoms with Gasteiger partial charge in [0, 0.05) is 0 Å². The molecule has 0 atom stereocenters. The van der Waals surface area contributed by atoms with Gasteiger partial charge in [0.2, 0.25) is 0 Å². The second-order valence-corrected chi connectivity index (χ2v) is 8.48. The molecule has 0 radical (unpaired) electrons. The fraction of sp³-hybridized carbons (Fsp3) is 0.381. The molecule has 6 heteroatoms. The van der Waals surface area contributed by atoms with Gasteiger partial charge in [-0.2, -0.15) is 0 Å². The zero-order valence-corrected chi connectivity index (χ0v) is 16.6. The topological polar surface area (TPSA) is 66.2 Å². The molecule has 3 aromatic rings. The number of ether oxygens (including phenoxy) is 2. The highest BCUT2D eigenvalue weighted by atomic mass is 16.7. The summed E-state index contributed by atoms with van der Waals surface area (Å²) in [4.78, 5) is 13.7. The van der Waals surface area contributed by atoms with E-state index in [0.717, 1.165) is 16.6 Å². The van der Waals surface area contributed by atoms with E-state index in [0.29, 0.717) is 11.4 Å². The Hall–Kier alpha value is -2.89. The van der Waals surface area contributed by atoms with Crippen molar-refractivity contribution in [2.45, 2.75) is 52.6 Å². The summed E-state index contributed by atoms with van der Waals surface area (Å²) in [7, 11) is 0. The third-order valence-electron chi connectivity index (χ3n) is 3.91. The van der Waals surface area contributed by atoms with Crippen molar-refractivity contribution < 1.29 is 14.3 Å². The number of rotatable bonds is 2. The number of benzene rings is 2. The lowest BCUT2D eigenvalue weighted by Gasteiger charge is -2.22. The summed E-state index contributed by atoms with van der Waals surface area (Å²) >= 11 is 0. The number of fused-ring (bicyclic) bond motifs is 1. The Morgan fingerprint density at radius 3 is 2.04 bits per heavy atom. The highest BCUT2D eigenvalue weighted by molar-refractivity contribution is 5.74. The molecule has 0 bridgehead atoms. The van der Waals surface area contributed by atoms with Gasteiger partial charge in [0.05, 0.1) is 0 Å². The number of hydrogen-bond donors (Lipinski definition) is 0. The van der Waals surface area contributed by atoms with Gasteiger partial charge in [-0.05, 0) is 56.0 Å². The van der Waals surface area contributed by atoms with Crippen LogP contribution in [0.4, 0.5) is 4.79 Å². The molecule has 142 valence electrons. The molecule has 0 unspecified atom stereocenters. The third kappa shape index (κ3) is 4.45. The molecule has 0 aliphatic heterocycles. The van der Waals surface area contributed by atoms with E-state index in [2.05, 4.69) is 31.0 Å². The van der Waals surface area contributed by atoms with Crippen LogP contribution < -0.4 is 4.74 Å². The quantitative estimate of drug-likeness (QED) is 0.469. The molecule has 0 saturated carbocycles. The molecule has 0 N–H and O–H groups in total. The molecular weight excluding hydrogens is 342 g/mol. The van der Waals surface area contributed by atoms with Crippen molar-refractivity contribution in [3.63, 3.8) is 0 Å². The van der Waals surface area contributed by atoms with E-state index in [9.17, 15) is 4.79 Å². The first kappa shape index (κ1) is 18.9. The van der Waals surface area contributed by atoms with Crippen molar-refractivity contribution >= 4 is 17.2 Å². The van der Waals surface area contributed by atoms with Gasteiger partial charge in [-0.1, -0.05) is 39.0 Å². The van der Waals surface area contributed by atoms with Crippen molar-refractivity contribution in [3.8, 4) is 11.4 Å². The largest absolute Gasteiger partial charge is 0.514 e. The van der Waals surface area contributed by atoms with Crippen molar-refractivity contribution in [3.05, 3.63) is 48.0 Å². The van der Waals surface area contributed by atoms with Crippen LogP contribution in [0.3, 0.4) is 0 Å². The summed E-state index contributed by atoms with van der Waals surface area (Å²) in [5.41, 5.74) is 2.48. The van der Waals surface area contributed by atoms with Crippen molar-refractivity contribution in [2.75, 3.05) is 0 Å². The first-order valence-electron chi connectivity index (χ1n) is 8.91. The molecule has 27 heavy (non-hydrogen) atoms. The standard InChI is InChI=1S/C21H25N3O3/c1-20(2,3)14-11-12-18(26-19(25)27-21(4,5)6)17(13-14)24-22-15-9-7-8-10-16(15)23-24/h7-13H,1-6H3. The predicted octanol–water partition coefficient (Wildman–Crippen LogP) is 5.03. The Morgan fingerprint density at radius 2 is 1.52 bits per heavy atom. The van der Waals surface area contributed by atoms with Crippen LogP contribution in [0.2, 0.25) is 0 Å². The SMILES string of the molecule is CC(C)(C)OC(=O)Oc1ccc(C(C)(C)C)cc1-n1nc2ccccc2n1. The predicted molar refractivity (Wildman–Crippen MR) is 104 cm³/mol. The Kier molecular flexibility index (Phi) is 4.68. The lowest BCUT2D eigenvalue weighted by Crippen LogP contribution is -2.26. The second-order valence-electron chi connectivity index (χ2n) is 8.48. The maximum Gasteiger partial charge on any atom is 0.514 e. The van der Waals surface area contributed by atoms with Crippen LogP contribution in [0.1, 0.15) is 47.1 Å². The summed E-state index contributed by atoms with van der Waals surface area (Å²) in [6, 6.07) is 13.2.